The molecule has 0 fully saturated rings. The quantitative estimate of drug-likeness (QED) is 0.253. The molecule has 0 aromatic heterocycles. The molecule has 0 aliphatic rings. The van der Waals surface area contributed by atoms with E-state index >= 15 is 0 Å². The number of amidine groups is 1. The van der Waals surface area contributed by atoms with Gasteiger partial charge in [0, 0.05) is 6.54 Å². The molecule has 5 N–H and O–H groups in total. The number of carbonyl (C=O) groups is 1. The van der Waals surface area contributed by atoms with E-state index in [0.717, 1.165) is 0 Å². The van der Waals surface area contributed by atoms with Gasteiger partial charge in [0.15, 0.2) is 0 Å². The van der Waals surface area contributed by atoms with Gasteiger partial charge in [-0.2, -0.15) is 0 Å². The highest BCUT2D eigenvalue weighted by molar-refractivity contribution is 5.80. The molecule has 0 aromatic carbocycles. The van der Waals surface area contributed by atoms with Gasteiger partial charge in [0.05, 0.1) is 5.84 Å². The lowest BCUT2D eigenvalue weighted by Crippen LogP contribution is -2.42. The Labute approximate surface area is 83.5 Å². The summed E-state index contributed by atoms with van der Waals surface area (Å²) < 4.78 is 0. The van der Waals surface area contributed by atoms with Gasteiger partial charge >= 0.3 is 5.97 Å². The molecule has 1 atom stereocenters. The average molecular weight is 199 g/mol. The number of rotatable bonds is 5. The van der Waals surface area contributed by atoms with Crippen molar-refractivity contribution in [2.75, 3.05) is 6.54 Å². The number of aliphatic imine (C=N–C) groups is 1. The third kappa shape index (κ3) is 5.31. The fourth-order valence-electron chi connectivity index (χ4n) is 0.715. The molecule has 80 valence electrons. The molecule has 0 heterocycles. The minimum Gasteiger partial charge on any atom is -0.480 e. The van der Waals surface area contributed by atoms with Crippen LogP contribution < -0.4 is 11.5 Å². The van der Waals surface area contributed by atoms with Crippen molar-refractivity contribution in [1.82, 2.24) is 0 Å². The Kier molecular flexibility index (Phi) is 4.86. The van der Waals surface area contributed by atoms with E-state index in [1.54, 1.807) is 13.0 Å². The Morgan fingerprint density at radius 2 is 2.21 bits per heavy atom. The van der Waals surface area contributed by atoms with E-state index in [2.05, 4.69) is 4.99 Å². The Balaban J connectivity index is 3.95. The van der Waals surface area contributed by atoms with E-state index in [0.29, 0.717) is 18.8 Å². The zero-order chi connectivity index (χ0) is 11.2. The van der Waals surface area contributed by atoms with Crippen molar-refractivity contribution in [2.24, 2.45) is 16.5 Å². The normalized spacial score (nSPS) is 16.9. The first-order valence-electron chi connectivity index (χ1n) is 4.33. The Bertz CT molecular complexity index is 253. The number of carboxylic acids is 1. The molecular weight excluding hydrogens is 182 g/mol. The molecule has 0 bridgehead atoms. The lowest BCUT2D eigenvalue weighted by Gasteiger charge is -2.12. The fraction of sp³-hybridized carbons (Fsp3) is 0.556. The number of nitrogens with zero attached hydrogens (tertiary/aromatic N) is 1. The van der Waals surface area contributed by atoms with E-state index in [4.69, 9.17) is 16.6 Å². The largest absolute Gasteiger partial charge is 0.480 e. The van der Waals surface area contributed by atoms with Gasteiger partial charge in [-0.3, -0.25) is 4.99 Å². The molecule has 0 amide bonds. The first-order chi connectivity index (χ1) is 6.36. The maximum absolute atomic E-state index is 10.6. The number of aliphatic carboxylic acids is 1. The lowest BCUT2D eigenvalue weighted by atomic mass is 10.0. The smallest absolute Gasteiger partial charge is 0.327 e. The Morgan fingerprint density at radius 1 is 1.64 bits per heavy atom. The summed E-state index contributed by atoms with van der Waals surface area (Å²) in [5.41, 5.74) is 9.47. The molecule has 0 saturated carbocycles. The molecule has 0 spiro atoms. The molecule has 5 heteroatoms. The number of hydrogen-bond donors (Lipinski definition) is 3. The Morgan fingerprint density at radius 3 is 2.64 bits per heavy atom. The van der Waals surface area contributed by atoms with E-state index < -0.39 is 11.5 Å². The van der Waals surface area contributed by atoms with Crippen LogP contribution in [0.2, 0.25) is 0 Å². The van der Waals surface area contributed by atoms with Gasteiger partial charge in [-0.05, 0) is 20.3 Å². The van der Waals surface area contributed by atoms with Crippen molar-refractivity contribution in [2.45, 2.75) is 25.8 Å². The van der Waals surface area contributed by atoms with Crippen molar-refractivity contribution in [3.05, 3.63) is 12.2 Å². The highest BCUT2D eigenvalue weighted by atomic mass is 16.4. The second-order valence-corrected chi connectivity index (χ2v) is 3.30. The van der Waals surface area contributed by atoms with Gasteiger partial charge in [-0.25, -0.2) is 4.79 Å². The summed E-state index contributed by atoms with van der Waals surface area (Å²) in [4.78, 5) is 14.5. The highest BCUT2D eigenvalue weighted by Crippen LogP contribution is 2.02. The lowest BCUT2D eigenvalue weighted by molar-refractivity contribution is -0.140. The minimum atomic E-state index is -1.30. The van der Waals surface area contributed by atoms with E-state index in [-0.39, 0.29) is 0 Å². The summed E-state index contributed by atoms with van der Waals surface area (Å²) >= 11 is 0. The van der Waals surface area contributed by atoms with Gasteiger partial charge in [0.2, 0.25) is 0 Å². The van der Waals surface area contributed by atoms with Crippen molar-refractivity contribution in [3.63, 3.8) is 0 Å². The van der Waals surface area contributed by atoms with Crippen molar-refractivity contribution >= 4 is 11.8 Å². The van der Waals surface area contributed by atoms with Crippen LogP contribution in [0.5, 0.6) is 0 Å². The zero-order valence-corrected chi connectivity index (χ0v) is 8.53. The molecular formula is C9H17N3O2. The predicted octanol–water partition coefficient (Wildman–Crippen LogP) is 0.112. The maximum Gasteiger partial charge on any atom is 0.327 e. The second-order valence-electron chi connectivity index (χ2n) is 3.30. The van der Waals surface area contributed by atoms with Gasteiger partial charge in [-0.1, -0.05) is 12.2 Å². The van der Waals surface area contributed by atoms with Crippen LogP contribution in [0.1, 0.15) is 20.3 Å². The van der Waals surface area contributed by atoms with Crippen molar-refractivity contribution < 1.29 is 9.90 Å². The Hall–Kier alpha value is -1.36. The van der Waals surface area contributed by atoms with Crippen LogP contribution in [0, 0.1) is 0 Å². The van der Waals surface area contributed by atoms with Crippen molar-refractivity contribution in [3.8, 4) is 0 Å². The van der Waals surface area contributed by atoms with Gasteiger partial charge in [0.25, 0.3) is 0 Å². The topological polar surface area (TPSA) is 102 Å². The molecule has 0 aliphatic carbocycles. The van der Waals surface area contributed by atoms with Crippen LogP contribution in [0.25, 0.3) is 0 Å². The predicted molar refractivity (Wildman–Crippen MR) is 56.1 cm³/mol. The molecule has 0 radical (unpaired) electrons. The third-order valence-corrected chi connectivity index (χ3v) is 1.58. The second kappa shape index (κ2) is 5.39. The number of carboxylic acid groups (broad SMARTS) is 1. The molecule has 5 nitrogen and oxygen atoms in total. The van der Waals surface area contributed by atoms with Crippen LogP contribution in [-0.2, 0) is 4.79 Å². The summed E-state index contributed by atoms with van der Waals surface area (Å²) in [7, 11) is 0. The number of nitrogens with two attached hydrogens (primary N) is 2. The van der Waals surface area contributed by atoms with E-state index in [1.165, 1.54) is 13.0 Å². The fourth-order valence-corrected chi connectivity index (χ4v) is 0.715. The monoisotopic (exact) mass is 199 g/mol. The molecule has 0 aromatic rings. The molecule has 1 unspecified atom stereocenters. The van der Waals surface area contributed by atoms with Gasteiger partial charge in [0.1, 0.15) is 5.54 Å². The average Bonchev–Trinajstić information content (AvgIpc) is 2.02. The first-order valence-corrected chi connectivity index (χ1v) is 4.33. The van der Waals surface area contributed by atoms with Gasteiger partial charge < -0.3 is 16.6 Å². The standard InChI is InChI=1S/C9H17N3O2/c1-7(10)12-6-4-3-5-9(2,11)8(13)14/h3,5H,4,6,11H2,1-2H3,(H2,10,12)(H,13,14)/b5-3+. The summed E-state index contributed by atoms with van der Waals surface area (Å²) in [6.07, 6.45) is 3.78. The van der Waals surface area contributed by atoms with Crippen LogP contribution in [0.3, 0.4) is 0 Å². The van der Waals surface area contributed by atoms with Crippen molar-refractivity contribution in [1.29, 1.82) is 0 Å². The van der Waals surface area contributed by atoms with Gasteiger partial charge in [-0.15, -0.1) is 0 Å². The minimum absolute atomic E-state index is 0.521. The summed E-state index contributed by atoms with van der Waals surface area (Å²) in [6.45, 7) is 3.69. The van der Waals surface area contributed by atoms with Crippen LogP contribution in [0.4, 0.5) is 0 Å². The molecule has 14 heavy (non-hydrogen) atoms. The maximum atomic E-state index is 10.6. The summed E-state index contributed by atoms with van der Waals surface area (Å²) in [5, 5.41) is 8.66. The molecule has 0 saturated heterocycles. The van der Waals surface area contributed by atoms with Crippen LogP contribution in [-0.4, -0.2) is 29.0 Å². The summed E-state index contributed by atoms with van der Waals surface area (Å²) in [6, 6.07) is 0. The number of hydrogen-bond acceptors (Lipinski definition) is 3. The summed E-state index contributed by atoms with van der Waals surface area (Å²) in [5.74, 6) is -0.528. The van der Waals surface area contributed by atoms with E-state index in [1.807, 2.05) is 0 Å². The van der Waals surface area contributed by atoms with Crippen LogP contribution in [0.15, 0.2) is 17.1 Å². The zero-order valence-electron chi connectivity index (χ0n) is 8.53. The first kappa shape index (κ1) is 12.6. The molecule has 0 aliphatic heterocycles. The third-order valence-electron chi connectivity index (χ3n) is 1.58. The SMILES string of the molecule is CC(N)=NCC/C=C/C(C)(N)C(=O)O. The van der Waals surface area contributed by atoms with Crippen LogP contribution >= 0.6 is 0 Å². The highest BCUT2D eigenvalue weighted by Gasteiger charge is 2.23. The van der Waals surface area contributed by atoms with E-state index in [9.17, 15) is 4.79 Å². The molecule has 0 rings (SSSR count).